The van der Waals surface area contributed by atoms with Gasteiger partial charge in [0.1, 0.15) is 5.82 Å². The summed E-state index contributed by atoms with van der Waals surface area (Å²) in [5.74, 6) is 0.597. The van der Waals surface area contributed by atoms with Gasteiger partial charge in [0.2, 0.25) is 5.95 Å². The topological polar surface area (TPSA) is 67.5 Å². The van der Waals surface area contributed by atoms with Crippen molar-refractivity contribution in [2.24, 2.45) is 0 Å². The maximum atomic E-state index is 14.5. The number of hydrogen-bond donors (Lipinski definition) is 1. The third kappa shape index (κ3) is 3.19. The number of anilines is 2. The fourth-order valence-electron chi connectivity index (χ4n) is 2.65. The van der Waals surface area contributed by atoms with Crippen LogP contribution in [-0.2, 0) is 0 Å². The van der Waals surface area contributed by atoms with Crippen LogP contribution in [0.3, 0.4) is 0 Å². The molecule has 0 unspecified atom stereocenters. The third-order valence-corrected chi connectivity index (χ3v) is 4.02. The average molecular weight is 317 g/mol. The molecule has 0 saturated carbocycles. The number of aromatic nitrogens is 2. The van der Waals surface area contributed by atoms with Crippen molar-refractivity contribution in [1.82, 2.24) is 14.9 Å². The Morgan fingerprint density at radius 2 is 1.91 bits per heavy atom. The Balaban J connectivity index is 1.98. The number of benzene rings is 1. The highest BCUT2D eigenvalue weighted by molar-refractivity contribution is 5.66. The number of nitrogen functional groups attached to an aromatic ring is 1. The molecule has 1 aromatic carbocycles. The van der Waals surface area contributed by atoms with Crippen LogP contribution < -0.4 is 15.4 Å². The minimum absolute atomic E-state index is 0.138. The van der Waals surface area contributed by atoms with Crippen molar-refractivity contribution >= 4 is 11.8 Å². The Labute approximate surface area is 134 Å². The first-order chi connectivity index (χ1) is 11.1. The average Bonchev–Trinajstić information content (AvgIpc) is 2.55. The monoisotopic (exact) mass is 317 g/mol. The molecular formula is C16H20FN5O. The molecule has 122 valence electrons. The number of nitrogens with two attached hydrogens (primary N) is 1. The minimum Gasteiger partial charge on any atom is -0.494 e. The maximum Gasteiger partial charge on any atom is 0.222 e. The van der Waals surface area contributed by atoms with Crippen molar-refractivity contribution in [3.63, 3.8) is 0 Å². The molecule has 2 aromatic rings. The van der Waals surface area contributed by atoms with Crippen LogP contribution in [0.1, 0.15) is 0 Å². The van der Waals surface area contributed by atoms with Gasteiger partial charge < -0.3 is 20.3 Å². The van der Waals surface area contributed by atoms with E-state index >= 15 is 0 Å². The lowest BCUT2D eigenvalue weighted by molar-refractivity contribution is 0.312. The van der Waals surface area contributed by atoms with Crippen LogP contribution in [0.15, 0.2) is 24.3 Å². The van der Waals surface area contributed by atoms with E-state index in [1.54, 1.807) is 24.3 Å². The van der Waals surface area contributed by atoms with Gasteiger partial charge in [-0.2, -0.15) is 4.98 Å². The van der Waals surface area contributed by atoms with E-state index in [9.17, 15) is 4.39 Å². The minimum atomic E-state index is -0.447. The van der Waals surface area contributed by atoms with Crippen molar-refractivity contribution < 1.29 is 9.13 Å². The van der Waals surface area contributed by atoms with E-state index in [0.717, 1.165) is 32.0 Å². The molecule has 2 heterocycles. The number of halogens is 1. The zero-order chi connectivity index (χ0) is 16.4. The molecule has 0 atom stereocenters. The Morgan fingerprint density at radius 1 is 1.17 bits per heavy atom. The number of ether oxygens (including phenoxy) is 1. The summed E-state index contributed by atoms with van der Waals surface area (Å²) in [5, 5.41) is 0. The van der Waals surface area contributed by atoms with E-state index in [1.807, 2.05) is 0 Å². The van der Waals surface area contributed by atoms with Crippen LogP contribution in [0.5, 0.6) is 5.75 Å². The van der Waals surface area contributed by atoms with Crippen LogP contribution in [0.25, 0.3) is 11.3 Å². The standard InChI is InChI=1S/C16H20FN5O/c1-21-6-8-22(9-7-21)14-10-12(19-16(18)20-14)11-4-3-5-13(23-2)15(11)17/h3-5,10H,6-9H2,1-2H3,(H2,18,19,20). The largest absolute Gasteiger partial charge is 0.494 e. The van der Waals surface area contributed by atoms with Gasteiger partial charge in [-0.15, -0.1) is 0 Å². The van der Waals surface area contributed by atoms with Crippen molar-refractivity contribution in [2.75, 3.05) is 51.0 Å². The zero-order valence-electron chi connectivity index (χ0n) is 13.3. The van der Waals surface area contributed by atoms with E-state index in [-0.39, 0.29) is 11.7 Å². The molecule has 1 fully saturated rings. The highest BCUT2D eigenvalue weighted by Crippen LogP contribution is 2.30. The molecular weight excluding hydrogens is 297 g/mol. The number of nitrogens with zero attached hydrogens (tertiary/aromatic N) is 4. The smallest absolute Gasteiger partial charge is 0.222 e. The van der Waals surface area contributed by atoms with Crippen LogP contribution >= 0.6 is 0 Å². The lowest BCUT2D eigenvalue weighted by atomic mass is 10.1. The van der Waals surface area contributed by atoms with Gasteiger partial charge >= 0.3 is 0 Å². The van der Waals surface area contributed by atoms with Crippen molar-refractivity contribution in [1.29, 1.82) is 0 Å². The molecule has 1 saturated heterocycles. The van der Waals surface area contributed by atoms with Gasteiger partial charge in [-0.05, 0) is 19.2 Å². The molecule has 3 rings (SSSR count). The molecule has 2 N–H and O–H groups in total. The third-order valence-electron chi connectivity index (χ3n) is 4.02. The Bertz CT molecular complexity index is 701. The van der Waals surface area contributed by atoms with Crippen LogP contribution in [0.2, 0.25) is 0 Å². The molecule has 0 amide bonds. The highest BCUT2D eigenvalue weighted by atomic mass is 19.1. The fraction of sp³-hybridized carbons (Fsp3) is 0.375. The number of likely N-dealkylation sites (N-methyl/N-ethyl adjacent to an activating group) is 1. The summed E-state index contributed by atoms with van der Waals surface area (Å²) < 4.78 is 19.5. The molecule has 0 spiro atoms. The second-order valence-electron chi connectivity index (χ2n) is 5.58. The lowest BCUT2D eigenvalue weighted by Crippen LogP contribution is -2.44. The predicted molar refractivity (Wildman–Crippen MR) is 88.1 cm³/mol. The summed E-state index contributed by atoms with van der Waals surface area (Å²) in [5.41, 5.74) is 6.65. The summed E-state index contributed by atoms with van der Waals surface area (Å²) >= 11 is 0. The predicted octanol–water partition coefficient (Wildman–Crippen LogP) is 1.63. The number of hydrogen-bond acceptors (Lipinski definition) is 6. The first-order valence-corrected chi connectivity index (χ1v) is 7.49. The van der Waals surface area contributed by atoms with Crippen molar-refractivity contribution in [3.8, 4) is 17.0 Å². The van der Waals surface area contributed by atoms with Gasteiger partial charge in [-0.25, -0.2) is 9.37 Å². The van der Waals surface area contributed by atoms with Crippen molar-refractivity contribution in [3.05, 3.63) is 30.1 Å². The second-order valence-corrected chi connectivity index (χ2v) is 5.58. The fourth-order valence-corrected chi connectivity index (χ4v) is 2.65. The maximum absolute atomic E-state index is 14.5. The van der Waals surface area contributed by atoms with Gasteiger partial charge in [-0.1, -0.05) is 6.07 Å². The quantitative estimate of drug-likeness (QED) is 0.928. The SMILES string of the molecule is COc1cccc(-c2cc(N3CCN(C)CC3)nc(N)n2)c1F. The molecule has 23 heavy (non-hydrogen) atoms. The molecule has 1 aliphatic rings. The first-order valence-electron chi connectivity index (χ1n) is 7.49. The zero-order valence-corrected chi connectivity index (χ0v) is 13.3. The van der Waals surface area contributed by atoms with Gasteiger partial charge in [-0.3, -0.25) is 0 Å². The summed E-state index contributed by atoms with van der Waals surface area (Å²) in [6, 6.07) is 6.74. The molecule has 7 heteroatoms. The van der Waals surface area contributed by atoms with Gasteiger partial charge in [0, 0.05) is 37.8 Å². The van der Waals surface area contributed by atoms with Gasteiger partial charge in [0.25, 0.3) is 0 Å². The van der Waals surface area contributed by atoms with Crippen LogP contribution in [0, 0.1) is 5.82 Å². The van der Waals surface area contributed by atoms with Crippen LogP contribution in [0.4, 0.5) is 16.2 Å². The molecule has 0 bridgehead atoms. The Kier molecular flexibility index (Phi) is 4.29. The van der Waals surface area contributed by atoms with E-state index in [1.165, 1.54) is 7.11 Å². The summed E-state index contributed by atoms with van der Waals surface area (Å²) in [6.07, 6.45) is 0. The van der Waals surface area contributed by atoms with E-state index < -0.39 is 5.82 Å². The molecule has 1 aromatic heterocycles. The first kappa shape index (κ1) is 15.5. The summed E-state index contributed by atoms with van der Waals surface area (Å²) in [6.45, 7) is 3.61. The lowest BCUT2D eigenvalue weighted by Gasteiger charge is -2.33. The van der Waals surface area contributed by atoms with Gasteiger partial charge in [0.05, 0.1) is 12.8 Å². The molecule has 6 nitrogen and oxygen atoms in total. The normalized spacial score (nSPS) is 15.7. The van der Waals surface area contributed by atoms with E-state index in [0.29, 0.717) is 11.3 Å². The summed E-state index contributed by atoms with van der Waals surface area (Å²) in [7, 11) is 3.52. The van der Waals surface area contributed by atoms with Gasteiger partial charge in [0.15, 0.2) is 11.6 Å². The van der Waals surface area contributed by atoms with E-state index in [2.05, 4.69) is 26.8 Å². The van der Waals surface area contributed by atoms with Crippen LogP contribution in [-0.4, -0.2) is 55.2 Å². The van der Waals surface area contributed by atoms with Crippen molar-refractivity contribution in [2.45, 2.75) is 0 Å². The van der Waals surface area contributed by atoms with E-state index in [4.69, 9.17) is 10.5 Å². The highest BCUT2D eigenvalue weighted by Gasteiger charge is 2.19. The second kappa shape index (κ2) is 6.37. The summed E-state index contributed by atoms with van der Waals surface area (Å²) in [4.78, 5) is 12.9. The molecule has 0 radical (unpaired) electrons. The Hall–Kier alpha value is -2.41. The Morgan fingerprint density at radius 3 is 2.61 bits per heavy atom. The molecule has 1 aliphatic heterocycles. The molecule has 0 aliphatic carbocycles. The number of methoxy groups -OCH3 is 1. The number of rotatable bonds is 3. The number of piperazine rings is 1.